The number of nitrogens with one attached hydrogen (secondary N) is 1. The van der Waals surface area contributed by atoms with Crippen molar-refractivity contribution in [1.82, 2.24) is 14.6 Å². The average Bonchev–Trinajstić information content (AvgIpc) is 3.23. The Morgan fingerprint density at radius 2 is 1.94 bits per heavy atom. The number of aromatic nitrogens is 3. The number of fused-ring (bicyclic) bond motifs is 1. The van der Waals surface area contributed by atoms with Crippen LogP contribution in [0.25, 0.3) is 16.9 Å². The molecule has 0 spiro atoms. The third-order valence-electron chi connectivity index (χ3n) is 4.85. The predicted octanol–water partition coefficient (Wildman–Crippen LogP) is 5.50. The van der Waals surface area contributed by atoms with Crippen LogP contribution in [0, 0.1) is 0 Å². The molecule has 1 N–H and O–H groups in total. The van der Waals surface area contributed by atoms with Crippen LogP contribution in [-0.2, 0) is 10.9 Å². The van der Waals surface area contributed by atoms with Crippen LogP contribution in [0.2, 0.25) is 5.02 Å². The average molecular weight is 489 g/mol. The van der Waals surface area contributed by atoms with Gasteiger partial charge in [0.15, 0.2) is 5.65 Å². The van der Waals surface area contributed by atoms with Crippen molar-refractivity contribution in [2.45, 2.75) is 13.1 Å². The van der Waals surface area contributed by atoms with E-state index >= 15 is 0 Å². The molecule has 0 unspecified atom stereocenters. The van der Waals surface area contributed by atoms with E-state index in [1.807, 2.05) is 0 Å². The summed E-state index contributed by atoms with van der Waals surface area (Å²) in [5.41, 5.74) is 0.750. The molecule has 2 aromatic heterocycles. The summed E-state index contributed by atoms with van der Waals surface area (Å²) in [7, 11) is 0. The predicted molar refractivity (Wildman–Crippen MR) is 119 cm³/mol. The van der Waals surface area contributed by atoms with E-state index in [0.717, 1.165) is 6.07 Å². The molecule has 1 amide bonds. The lowest BCUT2D eigenvalue weighted by molar-refractivity contribution is -0.137. The fourth-order valence-corrected chi connectivity index (χ4v) is 3.53. The van der Waals surface area contributed by atoms with Gasteiger partial charge in [-0.3, -0.25) is 4.79 Å². The first-order valence-corrected chi connectivity index (χ1v) is 10.3. The number of alkyl halides is 3. The van der Waals surface area contributed by atoms with E-state index in [4.69, 9.17) is 16.3 Å². The van der Waals surface area contributed by atoms with Gasteiger partial charge in [-0.05, 0) is 43.3 Å². The molecular formula is C23H16ClF3N4O3. The number of ether oxygens (including phenoxy) is 1. The van der Waals surface area contributed by atoms with E-state index in [9.17, 15) is 22.8 Å². The number of nitrogens with zero attached hydrogens (tertiary/aromatic N) is 3. The smallest absolute Gasteiger partial charge is 0.417 e. The number of benzene rings is 2. The second-order valence-corrected chi connectivity index (χ2v) is 7.48. The summed E-state index contributed by atoms with van der Waals surface area (Å²) in [5.74, 6) is -1.28. The first-order valence-electron chi connectivity index (χ1n) is 9.97. The van der Waals surface area contributed by atoms with Crippen molar-refractivity contribution < 1.29 is 27.5 Å². The molecule has 0 radical (unpaired) electrons. The lowest BCUT2D eigenvalue weighted by Gasteiger charge is -2.12. The standard InChI is InChI=1S/C23H16ClF3N4O3/c1-2-34-22(33)16-12-29-31-19(8-9-28-20(16)31)13-4-3-5-15(10-13)30-21(32)14-6-7-18(24)17(11-14)23(25,26)27/h3-12H,2H2,1H3,(H,30,32). The molecule has 0 atom stereocenters. The Kier molecular flexibility index (Phi) is 6.25. The Labute approximate surface area is 196 Å². The van der Waals surface area contributed by atoms with Gasteiger partial charge in [0.2, 0.25) is 0 Å². The zero-order valence-corrected chi connectivity index (χ0v) is 18.3. The highest BCUT2D eigenvalue weighted by Gasteiger charge is 2.33. The highest BCUT2D eigenvalue weighted by Crippen LogP contribution is 2.35. The maximum Gasteiger partial charge on any atom is 0.417 e. The molecule has 34 heavy (non-hydrogen) atoms. The molecule has 0 aliphatic carbocycles. The van der Waals surface area contributed by atoms with Crippen LogP contribution in [0.3, 0.4) is 0 Å². The van der Waals surface area contributed by atoms with Crippen molar-refractivity contribution in [3.63, 3.8) is 0 Å². The number of carbonyl (C=O) groups excluding carboxylic acids is 2. The summed E-state index contributed by atoms with van der Waals surface area (Å²) in [6, 6.07) is 11.2. The number of hydrogen-bond acceptors (Lipinski definition) is 5. The summed E-state index contributed by atoms with van der Waals surface area (Å²) >= 11 is 5.63. The molecule has 2 aromatic carbocycles. The summed E-state index contributed by atoms with van der Waals surface area (Å²) in [6.07, 6.45) is -1.83. The van der Waals surface area contributed by atoms with Crippen LogP contribution in [-0.4, -0.2) is 33.1 Å². The first kappa shape index (κ1) is 23.2. The molecule has 0 fully saturated rings. The van der Waals surface area contributed by atoms with Crippen LogP contribution >= 0.6 is 11.6 Å². The summed E-state index contributed by atoms with van der Waals surface area (Å²) in [4.78, 5) is 29.0. The summed E-state index contributed by atoms with van der Waals surface area (Å²) < 4.78 is 45.9. The zero-order chi connectivity index (χ0) is 24.5. The number of hydrogen-bond donors (Lipinski definition) is 1. The van der Waals surface area contributed by atoms with E-state index in [2.05, 4.69) is 15.4 Å². The van der Waals surface area contributed by atoms with Gasteiger partial charge < -0.3 is 10.1 Å². The SMILES string of the molecule is CCOC(=O)c1cnn2c(-c3cccc(NC(=O)c4ccc(Cl)c(C(F)(F)F)c4)c3)ccnc12. The van der Waals surface area contributed by atoms with Crippen molar-refractivity contribution in [3.05, 3.63) is 82.6 Å². The van der Waals surface area contributed by atoms with Crippen LogP contribution < -0.4 is 5.32 Å². The second kappa shape index (κ2) is 9.14. The van der Waals surface area contributed by atoms with Crippen molar-refractivity contribution in [2.75, 3.05) is 11.9 Å². The molecule has 0 saturated heterocycles. The molecular weight excluding hydrogens is 473 g/mol. The second-order valence-electron chi connectivity index (χ2n) is 7.07. The van der Waals surface area contributed by atoms with Crippen molar-refractivity contribution in [3.8, 4) is 11.3 Å². The number of amides is 1. The highest BCUT2D eigenvalue weighted by atomic mass is 35.5. The first-order chi connectivity index (χ1) is 16.2. The molecule has 11 heteroatoms. The van der Waals surface area contributed by atoms with E-state index < -0.39 is 28.6 Å². The minimum absolute atomic E-state index is 0.195. The molecule has 4 rings (SSSR count). The quantitative estimate of drug-likeness (QED) is 0.375. The van der Waals surface area contributed by atoms with Gasteiger partial charge in [-0.15, -0.1) is 0 Å². The number of rotatable bonds is 5. The maximum atomic E-state index is 13.1. The monoisotopic (exact) mass is 488 g/mol. The lowest BCUT2D eigenvalue weighted by Crippen LogP contribution is -2.14. The van der Waals surface area contributed by atoms with Crippen molar-refractivity contribution >= 4 is 34.8 Å². The molecule has 7 nitrogen and oxygen atoms in total. The Balaban J connectivity index is 1.64. The molecule has 2 heterocycles. The van der Waals surface area contributed by atoms with Gasteiger partial charge >= 0.3 is 12.1 Å². The van der Waals surface area contributed by atoms with E-state index in [1.165, 1.54) is 23.0 Å². The fraction of sp³-hybridized carbons (Fsp3) is 0.130. The van der Waals surface area contributed by atoms with E-state index in [0.29, 0.717) is 28.7 Å². The van der Waals surface area contributed by atoms with Crippen LogP contribution in [0.15, 0.2) is 60.9 Å². The van der Waals surface area contributed by atoms with Gasteiger partial charge in [-0.25, -0.2) is 14.3 Å². The van der Waals surface area contributed by atoms with Gasteiger partial charge in [0.1, 0.15) is 5.56 Å². The fourth-order valence-electron chi connectivity index (χ4n) is 3.31. The van der Waals surface area contributed by atoms with E-state index in [1.54, 1.807) is 37.3 Å². The topological polar surface area (TPSA) is 85.6 Å². The Hall–Kier alpha value is -3.92. The van der Waals surface area contributed by atoms with Gasteiger partial charge in [-0.2, -0.15) is 18.3 Å². The largest absolute Gasteiger partial charge is 0.462 e. The lowest BCUT2D eigenvalue weighted by atomic mass is 10.1. The molecule has 0 saturated carbocycles. The van der Waals surface area contributed by atoms with E-state index in [-0.39, 0.29) is 17.7 Å². The summed E-state index contributed by atoms with van der Waals surface area (Å²) in [5, 5.41) is 6.32. The van der Waals surface area contributed by atoms with Gasteiger partial charge in [0.25, 0.3) is 5.91 Å². The minimum atomic E-state index is -4.69. The van der Waals surface area contributed by atoms with Gasteiger partial charge in [0, 0.05) is 23.0 Å². The van der Waals surface area contributed by atoms with Crippen LogP contribution in [0.4, 0.5) is 18.9 Å². The number of esters is 1. The zero-order valence-electron chi connectivity index (χ0n) is 17.6. The maximum absolute atomic E-state index is 13.1. The number of halogens is 4. The van der Waals surface area contributed by atoms with Crippen molar-refractivity contribution in [2.24, 2.45) is 0 Å². The molecule has 174 valence electrons. The molecule has 0 bridgehead atoms. The van der Waals surface area contributed by atoms with Gasteiger partial charge in [-0.1, -0.05) is 23.7 Å². The third kappa shape index (κ3) is 4.58. The minimum Gasteiger partial charge on any atom is -0.462 e. The molecule has 4 aromatic rings. The molecule has 0 aliphatic heterocycles. The highest BCUT2D eigenvalue weighted by molar-refractivity contribution is 6.31. The van der Waals surface area contributed by atoms with Crippen molar-refractivity contribution in [1.29, 1.82) is 0 Å². The third-order valence-corrected chi connectivity index (χ3v) is 5.18. The van der Waals surface area contributed by atoms with Crippen LogP contribution in [0.1, 0.15) is 33.2 Å². The Morgan fingerprint density at radius 3 is 2.68 bits per heavy atom. The summed E-state index contributed by atoms with van der Waals surface area (Å²) in [6.45, 7) is 1.89. The molecule has 0 aliphatic rings. The number of carbonyl (C=O) groups is 2. The normalized spacial score (nSPS) is 11.4. The van der Waals surface area contributed by atoms with Crippen LogP contribution in [0.5, 0.6) is 0 Å². The Morgan fingerprint density at radius 1 is 1.15 bits per heavy atom. The number of anilines is 1. The van der Waals surface area contributed by atoms with Gasteiger partial charge in [0.05, 0.1) is 29.1 Å². The Bertz CT molecular complexity index is 1400.